The fraction of sp³-hybridized carbons (Fsp3) is 0.308. The van der Waals surface area contributed by atoms with Crippen molar-refractivity contribution >= 4 is 27.5 Å². The third kappa shape index (κ3) is 3.16. The average Bonchev–Trinajstić information content (AvgIpc) is 3.01. The third-order valence-corrected chi connectivity index (χ3v) is 3.21. The Labute approximate surface area is 125 Å². The SMILES string of the molecule is CCn1cc(/C(C)=N/NC(=O)c2ccc(Br)o2)c(C)n1. The summed E-state index contributed by atoms with van der Waals surface area (Å²) in [5, 5.41) is 8.41. The van der Waals surface area contributed by atoms with Crippen LogP contribution in [-0.4, -0.2) is 21.4 Å². The highest BCUT2D eigenvalue weighted by molar-refractivity contribution is 9.10. The minimum absolute atomic E-state index is 0.203. The molecule has 2 heterocycles. The largest absolute Gasteiger partial charge is 0.444 e. The first kappa shape index (κ1) is 14.5. The van der Waals surface area contributed by atoms with E-state index in [2.05, 4.69) is 31.6 Å². The first-order chi connectivity index (χ1) is 9.51. The molecule has 1 amide bonds. The standard InChI is InChI=1S/C13H15BrN4O2/c1-4-18-7-10(9(3)17-18)8(2)15-16-13(19)11-5-6-12(14)20-11/h5-7H,4H2,1-3H3,(H,16,19)/b15-8+. The van der Waals surface area contributed by atoms with Crippen LogP contribution in [0, 0.1) is 6.92 Å². The Morgan fingerprint density at radius 1 is 1.55 bits per heavy atom. The molecule has 2 aromatic rings. The molecular weight excluding hydrogens is 324 g/mol. The van der Waals surface area contributed by atoms with Crippen molar-refractivity contribution in [2.24, 2.45) is 5.10 Å². The Morgan fingerprint density at radius 3 is 2.85 bits per heavy atom. The van der Waals surface area contributed by atoms with E-state index in [0.29, 0.717) is 10.4 Å². The normalized spacial score (nSPS) is 11.7. The highest BCUT2D eigenvalue weighted by Gasteiger charge is 2.11. The molecule has 7 heteroatoms. The van der Waals surface area contributed by atoms with Crippen molar-refractivity contribution in [3.8, 4) is 0 Å². The molecular formula is C13H15BrN4O2. The highest BCUT2D eigenvalue weighted by atomic mass is 79.9. The fourth-order valence-electron chi connectivity index (χ4n) is 1.72. The number of amides is 1. The van der Waals surface area contributed by atoms with Crippen molar-refractivity contribution in [3.05, 3.63) is 40.0 Å². The Kier molecular flexibility index (Phi) is 4.39. The molecule has 6 nitrogen and oxygen atoms in total. The van der Waals surface area contributed by atoms with Gasteiger partial charge in [-0.1, -0.05) is 0 Å². The van der Waals surface area contributed by atoms with Crippen LogP contribution in [0.15, 0.2) is 32.5 Å². The number of carbonyl (C=O) groups is 1. The lowest BCUT2D eigenvalue weighted by atomic mass is 10.2. The number of nitrogens with one attached hydrogen (secondary N) is 1. The van der Waals surface area contributed by atoms with E-state index >= 15 is 0 Å². The number of carbonyl (C=O) groups excluding carboxylic acids is 1. The summed E-state index contributed by atoms with van der Waals surface area (Å²) < 4.78 is 7.48. The maximum absolute atomic E-state index is 11.8. The summed E-state index contributed by atoms with van der Waals surface area (Å²) in [5.74, 6) is -0.190. The molecule has 0 atom stereocenters. The van der Waals surface area contributed by atoms with Gasteiger partial charge in [-0.15, -0.1) is 0 Å². The van der Waals surface area contributed by atoms with Crippen LogP contribution in [0.25, 0.3) is 0 Å². The van der Waals surface area contributed by atoms with Crippen LogP contribution in [0.1, 0.15) is 35.7 Å². The predicted octanol–water partition coefficient (Wildman–Crippen LogP) is 2.72. The first-order valence-electron chi connectivity index (χ1n) is 6.15. The van der Waals surface area contributed by atoms with Gasteiger partial charge >= 0.3 is 5.91 Å². The molecule has 0 aliphatic rings. The van der Waals surface area contributed by atoms with E-state index < -0.39 is 5.91 Å². The number of aromatic nitrogens is 2. The Hall–Kier alpha value is -1.89. The van der Waals surface area contributed by atoms with E-state index in [1.165, 1.54) is 0 Å². The number of halogens is 1. The molecule has 1 N–H and O–H groups in total. The molecule has 0 aromatic carbocycles. The number of nitrogens with zero attached hydrogens (tertiary/aromatic N) is 3. The van der Waals surface area contributed by atoms with E-state index in [4.69, 9.17) is 4.42 Å². The Morgan fingerprint density at radius 2 is 2.30 bits per heavy atom. The number of hydrogen-bond donors (Lipinski definition) is 1. The molecule has 2 aromatic heterocycles. The summed E-state index contributed by atoms with van der Waals surface area (Å²) in [7, 11) is 0. The summed E-state index contributed by atoms with van der Waals surface area (Å²) >= 11 is 3.14. The van der Waals surface area contributed by atoms with Gasteiger partial charge in [-0.05, 0) is 48.8 Å². The second-order valence-corrected chi connectivity index (χ2v) is 5.01. The zero-order valence-electron chi connectivity index (χ0n) is 11.5. The maximum atomic E-state index is 11.8. The van der Waals surface area contributed by atoms with Gasteiger partial charge in [-0.2, -0.15) is 10.2 Å². The van der Waals surface area contributed by atoms with Gasteiger partial charge in [-0.25, -0.2) is 5.43 Å². The minimum atomic E-state index is -0.393. The fourth-order valence-corrected chi connectivity index (χ4v) is 2.03. The van der Waals surface area contributed by atoms with Crippen LogP contribution >= 0.6 is 15.9 Å². The van der Waals surface area contributed by atoms with Gasteiger partial charge in [0.05, 0.1) is 11.4 Å². The smallest absolute Gasteiger partial charge is 0.307 e. The number of hydrazone groups is 1. The van der Waals surface area contributed by atoms with Crippen molar-refractivity contribution in [2.75, 3.05) is 0 Å². The summed E-state index contributed by atoms with van der Waals surface area (Å²) in [4.78, 5) is 11.8. The Balaban J connectivity index is 2.10. The van der Waals surface area contributed by atoms with E-state index in [0.717, 1.165) is 17.8 Å². The topological polar surface area (TPSA) is 72.4 Å². The molecule has 0 fully saturated rings. The molecule has 106 valence electrons. The molecule has 20 heavy (non-hydrogen) atoms. The van der Waals surface area contributed by atoms with E-state index in [1.807, 2.05) is 31.6 Å². The second kappa shape index (κ2) is 6.04. The third-order valence-electron chi connectivity index (χ3n) is 2.78. The molecule has 0 radical (unpaired) electrons. The van der Waals surface area contributed by atoms with Gasteiger partial charge in [0.15, 0.2) is 10.4 Å². The monoisotopic (exact) mass is 338 g/mol. The van der Waals surface area contributed by atoms with Crippen molar-refractivity contribution < 1.29 is 9.21 Å². The molecule has 0 aliphatic carbocycles. The average molecular weight is 339 g/mol. The van der Waals surface area contributed by atoms with Crippen LogP contribution < -0.4 is 5.43 Å². The van der Waals surface area contributed by atoms with Gasteiger partial charge in [0.25, 0.3) is 0 Å². The summed E-state index contributed by atoms with van der Waals surface area (Å²) in [6, 6.07) is 3.23. The van der Waals surface area contributed by atoms with E-state index in [-0.39, 0.29) is 5.76 Å². The quantitative estimate of drug-likeness (QED) is 0.688. The van der Waals surface area contributed by atoms with Crippen molar-refractivity contribution in [1.29, 1.82) is 0 Å². The molecule has 0 spiro atoms. The Bertz CT molecular complexity index is 657. The van der Waals surface area contributed by atoms with Crippen molar-refractivity contribution in [2.45, 2.75) is 27.3 Å². The second-order valence-electron chi connectivity index (χ2n) is 4.23. The van der Waals surface area contributed by atoms with Gasteiger partial charge in [0, 0.05) is 18.3 Å². The zero-order valence-corrected chi connectivity index (χ0v) is 13.1. The lowest BCUT2D eigenvalue weighted by Crippen LogP contribution is -2.18. The van der Waals surface area contributed by atoms with Crippen molar-refractivity contribution in [3.63, 3.8) is 0 Å². The lowest BCUT2D eigenvalue weighted by molar-refractivity contribution is 0.0926. The van der Waals surface area contributed by atoms with Gasteiger partial charge < -0.3 is 4.42 Å². The number of hydrogen-bond acceptors (Lipinski definition) is 4. The van der Waals surface area contributed by atoms with Gasteiger partial charge in [0.2, 0.25) is 0 Å². The van der Waals surface area contributed by atoms with Crippen LogP contribution in [0.3, 0.4) is 0 Å². The van der Waals surface area contributed by atoms with E-state index in [9.17, 15) is 4.79 Å². The summed E-state index contributed by atoms with van der Waals surface area (Å²) in [6.45, 7) is 6.54. The minimum Gasteiger partial charge on any atom is -0.444 e. The summed E-state index contributed by atoms with van der Waals surface area (Å²) in [5.41, 5.74) is 4.95. The molecule has 2 rings (SSSR count). The molecule has 0 saturated carbocycles. The van der Waals surface area contributed by atoms with Crippen LogP contribution in [-0.2, 0) is 6.54 Å². The van der Waals surface area contributed by atoms with Crippen LogP contribution in [0.2, 0.25) is 0 Å². The molecule has 0 aliphatic heterocycles. The van der Waals surface area contributed by atoms with Crippen LogP contribution in [0.5, 0.6) is 0 Å². The zero-order chi connectivity index (χ0) is 14.7. The maximum Gasteiger partial charge on any atom is 0.307 e. The van der Waals surface area contributed by atoms with Crippen molar-refractivity contribution in [1.82, 2.24) is 15.2 Å². The lowest BCUT2D eigenvalue weighted by Gasteiger charge is -1.99. The van der Waals surface area contributed by atoms with Crippen LogP contribution in [0.4, 0.5) is 0 Å². The molecule has 0 bridgehead atoms. The first-order valence-corrected chi connectivity index (χ1v) is 6.95. The number of furan rings is 1. The molecule has 0 saturated heterocycles. The summed E-state index contributed by atoms with van der Waals surface area (Å²) in [6.07, 6.45) is 1.91. The predicted molar refractivity (Wildman–Crippen MR) is 78.7 cm³/mol. The number of rotatable bonds is 4. The van der Waals surface area contributed by atoms with Gasteiger partial charge in [-0.3, -0.25) is 9.48 Å². The molecule has 0 unspecified atom stereocenters. The van der Waals surface area contributed by atoms with Gasteiger partial charge in [0.1, 0.15) is 0 Å². The van der Waals surface area contributed by atoms with E-state index in [1.54, 1.807) is 12.1 Å². The highest BCUT2D eigenvalue weighted by Crippen LogP contribution is 2.13. The number of aryl methyl sites for hydroxylation is 2.